The molecule has 0 N–H and O–H groups in total. The lowest BCUT2D eigenvalue weighted by atomic mass is 9.66. The van der Waals surface area contributed by atoms with Crippen molar-refractivity contribution >= 4 is 8.60 Å². The first-order valence-corrected chi connectivity index (χ1v) is 29.5. The molecule has 0 spiro atoms. The molecule has 0 bridgehead atoms. The van der Waals surface area contributed by atoms with E-state index in [4.69, 9.17) is 13.6 Å². The summed E-state index contributed by atoms with van der Waals surface area (Å²) >= 11 is 0. The first-order valence-electron chi connectivity index (χ1n) is 28.4. The molecule has 0 aliphatic carbocycles. The Bertz CT molecular complexity index is 1650. The first kappa shape index (κ1) is 61.8. The Kier molecular flexibility index (Phi) is 24.0. The van der Waals surface area contributed by atoms with Crippen molar-refractivity contribution in [2.24, 2.45) is 68.0 Å². The number of hydrogen-bond donors (Lipinski definition) is 0. The van der Waals surface area contributed by atoms with Crippen LogP contribution in [0.2, 0.25) is 0 Å². The Labute approximate surface area is 436 Å². The third-order valence-electron chi connectivity index (χ3n) is 16.5. The lowest BCUT2D eigenvalue weighted by Gasteiger charge is -2.39. The van der Waals surface area contributed by atoms with E-state index in [-0.39, 0.29) is 16.2 Å². The molecule has 6 unspecified atom stereocenters. The number of hydrogen-bond acceptors (Lipinski definition) is 3. The third kappa shape index (κ3) is 21.9. The average Bonchev–Trinajstić information content (AvgIpc) is 3.23. The monoisotopic (exact) mass is 983 g/mol. The van der Waals surface area contributed by atoms with E-state index in [0.29, 0.717) is 51.8 Å². The lowest BCUT2D eigenvalue weighted by Crippen LogP contribution is -2.30. The molecule has 0 aliphatic rings. The van der Waals surface area contributed by atoms with Gasteiger partial charge in [-0.3, -0.25) is 0 Å². The van der Waals surface area contributed by atoms with Gasteiger partial charge < -0.3 is 13.6 Å². The van der Waals surface area contributed by atoms with E-state index in [1.807, 2.05) is 0 Å². The lowest BCUT2D eigenvalue weighted by molar-refractivity contribution is 0.124. The van der Waals surface area contributed by atoms with Crippen molar-refractivity contribution in [3.63, 3.8) is 0 Å². The van der Waals surface area contributed by atoms with Gasteiger partial charge in [-0.2, -0.15) is 0 Å². The highest BCUT2D eigenvalue weighted by atomic mass is 31.2. The maximum Gasteiger partial charge on any atom is 0.530 e. The molecule has 3 aromatic carbocycles. The molecular weight excluding hydrogens is 872 g/mol. The maximum absolute atomic E-state index is 6.72. The van der Waals surface area contributed by atoms with Gasteiger partial charge in [0.15, 0.2) is 0 Å². The second kappa shape index (κ2) is 27.1. The van der Waals surface area contributed by atoms with E-state index in [1.165, 1.54) is 93.7 Å². The van der Waals surface area contributed by atoms with Crippen LogP contribution in [0.1, 0.15) is 239 Å². The molecule has 0 amide bonds. The number of benzene rings is 3. The minimum absolute atomic E-state index is 0.209. The fraction of sp³-hybridized carbons (Fsp3) is 0.727. The molecule has 0 heterocycles. The second-order valence-corrected chi connectivity index (χ2v) is 29.5. The van der Waals surface area contributed by atoms with Gasteiger partial charge in [-0.15, -0.1) is 0 Å². The largest absolute Gasteiger partial charge is 0.530 e. The van der Waals surface area contributed by atoms with E-state index in [1.54, 1.807) is 0 Å². The van der Waals surface area contributed by atoms with Crippen LogP contribution in [0.4, 0.5) is 0 Å². The number of rotatable bonds is 27. The molecule has 3 nitrogen and oxygen atoms in total. The zero-order valence-electron chi connectivity index (χ0n) is 49.7. The number of unbranched alkanes of at least 4 members (excludes halogenated alkanes) is 3. The molecule has 0 aliphatic heterocycles. The van der Waals surface area contributed by atoms with Gasteiger partial charge in [0.2, 0.25) is 0 Å². The zero-order valence-corrected chi connectivity index (χ0v) is 50.6. The van der Waals surface area contributed by atoms with Crippen molar-refractivity contribution in [1.82, 2.24) is 0 Å². The summed E-state index contributed by atoms with van der Waals surface area (Å²) in [6.07, 6.45) is 18.5. The summed E-state index contributed by atoms with van der Waals surface area (Å²) in [7, 11) is -1.82. The Balaban J connectivity index is 1.92. The van der Waals surface area contributed by atoms with Gasteiger partial charge in [-0.05, 0) is 179 Å². The zero-order chi connectivity index (χ0) is 52.7. The smallest absolute Gasteiger partial charge is 0.409 e. The first-order chi connectivity index (χ1) is 32.3. The van der Waals surface area contributed by atoms with Crippen molar-refractivity contribution in [1.29, 1.82) is 0 Å². The molecule has 0 aromatic heterocycles. The Morgan fingerprint density at radius 2 is 0.514 bits per heavy atom. The fourth-order valence-corrected chi connectivity index (χ4v) is 11.5. The molecule has 6 atom stereocenters. The van der Waals surface area contributed by atoms with Crippen LogP contribution < -0.4 is 13.6 Å². The van der Waals surface area contributed by atoms with Gasteiger partial charge in [0.1, 0.15) is 17.2 Å². The summed E-state index contributed by atoms with van der Waals surface area (Å²) in [5, 5.41) is 0. The van der Waals surface area contributed by atoms with Crippen LogP contribution in [0.15, 0.2) is 72.8 Å². The van der Waals surface area contributed by atoms with Crippen molar-refractivity contribution in [3.05, 3.63) is 89.5 Å². The summed E-state index contributed by atoms with van der Waals surface area (Å²) in [6, 6.07) is 26.3. The van der Waals surface area contributed by atoms with Gasteiger partial charge in [0, 0.05) is 0 Å². The van der Waals surface area contributed by atoms with Crippen molar-refractivity contribution in [3.8, 4) is 17.2 Å². The highest BCUT2D eigenvalue weighted by molar-refractivity contribution is 7.43. The van der Waals surface area contributed by atoms with Gasteiger partial charge >= 0.3 is 8.60 Å². The van der Waals surface area contributed by atoms with Gasteiger partial charge in [0.05, 0.1) is 0 Å². The molecule has 398 valence electrons. The van der Waals surface area contributed by atoms with Crippen molar-refractivity contribution in [2.45, 2.75) is 242 Å². The molecule has 70 heavy (non-hydrogen) atoms. The average molecular weight is 984 g/mol. The Morgan fingerprint density at radius 3 is 0.686 bits per heavy atom. The van der Waals surface area contributed by atoms with Gasteiger partial charge in [-0.1, -0.05) is 220 Å². The predicted molar refractivity (Wildman–Crippen MR) is 309 cm³/mol. The van der Waals surface area contributed by atoms with Gasteiger partial charge in [-0.25, -0.2) is 0 Å². The van der Waals surface area contributed by atoms with Crippen molar-refractivity contribution < 1.29 is 13.6 Å². The van der Waals surface area contributed by atoms with Gasteiger partial charge in [0.25, 0.3) is 0 Å². The molecule has 4 heteroatoms. The molecule has 0 saturated heterocycles. The molecular formula is C66H111O3P. The van der Waals surface area contributed by atoms with E-state index in [0.717, 1.165) is 36.5 Å². The summed E-state index contributed by atoms with van der Waals surface area (Å²) in [6.45, 7) is 50.7. The fourth-order valence-electron chi connectivity index (χ4n) is 10.6. The van der Waals surface area contributed by atoms with E-state index in [2.05, 4.69) is 218 Å². The summed E-state index contributed by atoms with van der Waals surface area (Å²) in [5.41, 5.74) is 5.58. The normalized spacial score (nSPS) is 16.2. The van der Waals surface area contributed by atoms with Crippen LogP contribution >= 0.6 is 8.60 Å². The van der Waals surface area contributed by atoms with Crippen LogP contribution in [0, 0.1) is 68.0 Å². The van der Waals surface area contributed by atoms with Crippen molar-refractivity contribution in [2.75, 3.05) is 0 Å². The summed E-state index contributed by atoms with van der Waals surface area (Å²) in [4.78, 5) is 0. The third-order valence-corrected chi connectivity index (χ3v) is 17.6. The van der Waals surface area contributed by atoms with Crippen LogP contribution in [0.5, 0.6) is 17.2 Å². The molecule has 0 saturated carbocycles. The molecule has 0 radical (unpaired) electrons. The predicted octanol–water partition coefficient (Wildman–Crippen LogP) is 21.8. The van der Waals surface area contributed by atoms with Crippen LogP contribution in [0.3, 0.4) is 0 Å². The standard InChI is InChI=1S/C66H111O3P/c1-22-25-28-52(61(4,5)6)46-55(64(13,14)15)43-49-31-37-58(38-32-49)67-70(68-59-39-33-50(34-40-59)44-56(65(16,17)18)47-53(29-26-23-2)62(7,8)9)69-60-41-35-51(36-42-60)45-57(66(19,20)21)48-54(30-27-24-3)63(10,11)12/h31-42,52-57H,22-30,43-48H2,1-21H3. The summed E-state index contributed by atoms with van der Waals surface area (Å²) < 4.78 is 20.2. The van der Waals surface area contributed by atoms with Crippen LogP contribution in [-0.4, -0.2) is 0 Å². The molecule has 3 aromatic rings. The molecule has 3 rings (SSSR count). The van der Waals surface area contributed by atoms with Crippen LogP contribution in [0.25, 0.3) is 0 Å². The van der Waals surface area contributed by atoms with E-state index < -0.39 is 8.60 Å². The quantitative estimate of drug-likeness (QED) is 0.0713. The molecule has 0 fully saturated rings. The summed E-state index contributed by atoms with van der Waals surface area (Å²) in [5.74, 6) is 6.13. The van der Waals surface area contributed by atoms with Crippen LogP contribution in [-0.2, 0) is 19.3 Å². The minimum atomic E-state index is -1.82. The minimum Gasteiger partial charge on any atom is -0.409 e. The Hall–Kier alpha value is -2.51. The highest BCUT2D eigenvalue weighted by Gasteiger charge is 2.36. The topological polar surface area (TPSA) is 27.7 Å². The SMILES string of the molecule is CCCCC(CC(Cc1ccc(OP(Oc2ccc(CC(CC(CCCC)C(C)(C)C)C(C)(C)C)cc2)Oc2ccc(CC(CC(CCCC)C(C)(C)C)C(C)(C)C)cc2)cc1)C(C)(C)C)C(C)(C)C. The maximum atomic E-state index is 6.72. The second-order valence-electron chi connectivity index (χ2n) is 28.6. The Morgan fingerprint density at radius 1 is 0.314 bits per heavy atom. The van der Waals surface area contributed by atoms with E-state index in [9.17, 15) is 0 Å². The highest BCUT2D eigenvalue weighted by Crippen LogP contribution is 2.47. The van der Waals surface area contributed by atoms with E-state index >= 15 is 0 Å².